The van der Waals surface area contributed by atoms with Crippen LogP contribution in [0.3, 0.4) is 0 Å². The Labute approximate surface area is 162 Å². The number of hydrogen-bond donors (Lipinski definition) is 1. The molecule has 1 aromatic carbocycles. The van der Waals surface area contributed by atoms with Crippen LogP contribution in [-0.4, -0.2) is 51.1 Å². The van der Waals surface area contributed by atoms with E-state index in [0.29, 0.717) is 17.1 Å². The molecule has 8 heteroatoms. The summed E-state index contributed by atoms with van der Waals surface area (Å²) in [6, 6.07) is 10.1. The van der Waals surface area contributed by atoms with Gasteiger partial charge in [0.2, 0.25) is 0 Å². The van der Waals surface area contributed by atoms with Crippen molar-refractivity contribution in [2.75, 3.05) is 23.0 Å². The van der Waals surface area contributed by atoms with Gasteiger partial charge in [-0.05, 0) is 30.2 Å². The fourth-order valence-electron chi connectivity index (χ4n) is 2.49. The molecular formula is C17H22O4S4. The summed E-state index contributed by atoms with van der Waals surface area (Å²) in [6.07, 6.45) is 0.900. The second kappa shape index (κ2) is 8.99. The Hall–Kier alpha value is -0.410. The maximum atomic E-state index is 12.2. The average molecular weight is 419 g/mol. The number of carbonyl (C=O) groups excluding carboxylic acids is 1. The van der Waals surface area contributed by atoms with Crippen molar-refractivity contribution in [3.8, 4) is 0 Å². The average Bonchev–Trinajstić information content (AvgIpc) is 2.94. The van der Waals surface area contributed by atoms with E-state index >= 15 is 0 Å². The minimum Gasteiger partial charge on any atom is -0.293 e. The maximum absolute atomic E-state index is 12.2. The Morgan fingerprint density at radius 1 is 1.40 bits per heavy atom. The van der Waals surface area contributed by atoms with E-state index < -0.39 is 14.2 Å². The van der Waals surface area contributed by atoms with Crippen LogP contribution in [0.1, 0.15) is 12.5 Å². The van der Waals surface area contributed by atoms with Gasteiger partial charge in [0.05, 0.1) is 9.33 Å². The van der Waals surface area contributed by atoms with Crippen molar-refractivity contribution in [3.63, 3.8) is 0 Å². The van der Waals surface area contributed by atoms with Gasteiger partial charge in [-0.2, -0.15) is 20.2 Å². The molecular weight excluding hydrogens is 396 g/mol. The zero-order chi connectivity index (χ0) is 18.5. The fourth-order valence-corrected chi connectivity index (χ4v) is 9.56. The van der Waals surface area contributed by atoms with Crippen LogP contribution in [0.5, 0.6) is 0 Å². The molecule has 2 unspecified atom stereocenters. The predicted molar refractivity (Wildman–Crippen MR) is 110 cm³/mol. The highest BCUT2D eigenvalue weighted by molar-refractivity contribution is 8.23. The van der Waals surface area contributed by atoms with Crippen molar-refractivity contribution < 1.29 is 17.8 Å². The minimum absolute atomic E-state index is 0.0380. The molecule has 4 nitrogen and oxygen atoms in total. The summed E-state index contributed by atoms with van der Waals surface area (Å²) in [5.74, 6) is 1.59. The predicted octanol–water partition coefficient (Wildman–Crippen LogP) is 3.54. The summed E-state index contributed by atoms with van der Waals surface area (Å²) in [7, 11) is -4.11. The molecule has 138 valence electrons. The van der Waals surface area contributed by atoms with E-state index in [4.69, 9.17) is 0 Å². The Morgan fingerprint density at radius 3 is 2.68 bits per heavy atom. The Balaban J connectivity index is 1.97. The molecule has 1 N–H and O–H groups in total. The lowest BCUT2D eigenvalue weighted by Crippen LogP contribution is -2.32. The zero-order valence-electron chi connectivity index (χ0n) is 14.0. The van der Waals surface area contributed by atoms with Gasteiger partial charge in [0, 0.05) is 11.5 Å². The molecule has 1 saturated heterocycles. The molecule has 25 heavy (non-hydrogen) atoms. The van der Waals surface area contributed by atoms with Gasteiger partial charge in [0.1, 0.15) is 5.75 Å². The summed E-state index contributed by atoms with van der Waals surface area (Å²) in [6.45, 7) is 5.36. The van der Waals surface area contributed by atoms with Crippen LogP contribution < -0.4 is 0 Å². The molecule has 0 aliphatic carbocycles. The molecule has 2 rings (SSSR count). The first-order chi connectivity index (χ1) is 11.7. The Morgan fingerprint density at radius 2 is 2.08 bits per heavy atom. The van der Waals surface area contributed by atoms with Crippen LogP contribution in [0.25, 0.3) is 0 Å². The minimum atomic E-state index is -4.11. The third kappa shape index (κ3) is 6.67. The molecule has 2 atom stereocenters. The first-order valence-electron chi connectivity index (χ1n) is 7.79. The Bertz CT molecular complexity index is 717. The largest absolute Gasteiger partial charge is 0.293 e. The van der Waals surface area contributed by atoms with E-state index in [2.05, 4.69) is 18.7 Å². The van der Waals surface area contributed by atoms with E-state index in [0.717, 1.165) is 12.2 Å². The summed E-state index contributed by atoms with van der Waals surface area (Å²) >= 11 is 4.47. The molecule has 0 radical (unpaired) electrons. The van der Waals surface area contributed by atoms with Crippen LogP contribution in [0.4, 0.5) is 0 Å². The third-order valence-electron chi connectivity index (χ3n) is 3.67. The van der Waals surface area contributed by atoms with Crippen molar-refractivity contribution in [2.45, 2.75) is 22.7 Å². The van der Waals surface area contributed by atoms with Crippen LogP contribution in [0, 0.1) is 0 Å². The van der Waals surface area contributed by atoms with Crippen LogP contribution in [-0.2, 0) is 21.3 Å². The lowest BCUT2D eigenvalue weighted by atomic mass is 10.2. The van der Waals surface area contributed by atoms with Gasteiger partial charge in [-0.1, -0.05) is 36.9 Å². The Kier molecular flexibility index (Phi) is 7.52. The number of ketones is 1. The summed E-state index contributed by atoms with van der Waals surface area (Å²) < 4.78 is 31.6. The van der Waals surface area contributed by atoms with Gasteiger partial charge in [-0.15, -0.1) is 23.5 Å². The molecule has 1 heterocycles. The molecule has 0 amide bonds. The van der Waals surface area contributed by atoms with Crippen LogP contribution in [0.15, 0.2) is 42.5 Å². The second-order valence-corrected chi connectivity index (χ2v) is 11.8. The highest BCUT2D eigenvalue weighted by Gasteiger charge is 2.46. The van der Waals surface area contributed by atoms with Gasteiger partial charge in [0.25, 0.3) is 10.1 Å². The number of Topliss-reactive ketones (excluding diaryl/α,β-unsaturated/α-hetero) is 1. The van der Waals surface area contributed by atoms with Crippen molar-refractivity contribution >= 4 is 51.2 Å². The van der Waals surface area contributed by atoms with E-state index in [1.165, 1.54) is 29.1 Å². The smallest absolute Gasteiger partial charge is 0.267 e. The number of hydrogen-bond acceptors (Lipinski definition) is 6. The quantitative estimate of drug-likeness (QED) is 0.374. The van der Waals surface area contributed by atoms with Gasteiger partial charge >= 0.3 is 0 Å². The normalized spacial score (nSPS) is 23.5. The van der Waals surface area contributed by atoms with E-state index in [1.54, 1.807) is 18.7 Å². The third-order valence-corrected chi connectivity index (χ3v) is 10.00. The van der Waals surface area contributed by atoms with Crippen molar-refractivity contribution in [3.05, 3.63) is 48.0 Å². The highest BCUT2D eigenvalue weighted by atomic mass is 32.2. The summed E-state index contributed by atoms with van der Waals surface area (Å²) in [5, 5.41) is -0.293. The first-order valence-corrected chi connectivity index (χ1v) is 12.4. The fraction of sp³-hybridized carbons (Fsp3) is 0.471. The van der Waals surface area contributed by atoms with Gasteiger partial charge in [-0.25, -0.2) is 0 Å². The van der Waals surface area contributed by atoms with Crippen LogP contribution in [0.2, 0.25) is 0 Å². The molecule has 1 aliphatic rings. The maximum Gasteiger partial charge on any atom is 0.267 e. The monoisotopic (exact) mass is 418 g/mol. The molecule has 0 bridgehead atoms. The number of aryl methyl sites for hydroxylation is 1. The summed E-state index contributed by atoms with van der Waals surface area (Å²) in [4.78, 5) is 12.2. The number of rotatable bonds is 9. The van der Waals surface area contributed by atoms with Gasteiger partial charge in [-0.3, -0.25) is 9.35 Å². The molecule has 0 saturated carbocycles. The lowest BCUT2D eigenvalue weighted by Gasteiger charge is -2.26. The first kappa shape index (κ1) is 20.9. The number of allylic oxidation sites excluding steroid dienone is 1. The van der Waals surface area contributed by atoms with Crippen molar-refractivity contribution in [1.29, 1.82) is 0 Å². The molecule has 0 spiro atoms. The number of thioether (sulfide) groups is 3. The van der Waals surface area contributed by atoms with Crippen LogP contribution >= 0.6 is 35.3 Å². The molecule has 1 aliphatic heterocycles. The lowest BCUT2D eigenvalue weighted by molar-refractivity contribution is -0.114. The second-order valence-electron chi connectivity index (χ2n) is 5.99. The summed E-state index contributed by atoms with van der Waals surface area (Å²) in [5.41, 5.74) is 1.72. The number of benzene rings is 1. The molecule has 1 fully saturated rings. The SMILES string of the molecule is C=C(C)C(=O)C1CSC(CSCCc2ccccc2)(CS(=O)(=O)O)S1. The standard InChI is InChI=1S/C17H22O4S4/c1-13(2)16(18)15-10-23-17(24-15,12-25(19,20)21)11-22-9-8-14-6-4-3-5-7-14/h3-7,15H,1,8-12H2,2H3,(H,19,20,21). The topological polar surface area (TPSA) is 71.4 Å². The zero-order valence-corrected chi connectivity index (χ0v) is 17.3. The highest BCUT2D eigenvalue weighted by Crippen LogP contribution is 2.51. The van der Waals surface area contributed by atoms with Crippen molar-refractivity contribution in [2.24, 2.45) is 0 Å². The van der Waals surface area contributed by atoms with Gasteiger partial charge < -0.3 is 0 Å². The van der Waals surface area contributed by atoms with Gasteiger partial charge in [0.15, 0.2) is 5.78 Å². The molecule has 1 aromatic rings. The van der Waals surface area contributed by atoms with E-state index in [-0.39, 0.29) is 16.8 Å². The van der Waals surface area contributed by atoms with E-state index in [9.17, 15) is 17.8 Å². The van der Waals surface area contributed by atoms with Crippen molar-refractivity contribution in [1.82, 2.24) is 0 Å². The number of carbonyl (C=O) groups is 1. The van der Waals surface area contributed by atoms with E-state index in [1.807, 2.05) is 18.2 Å². The molecule has 0 aromatic heterocycles.